The van der Waals surface area contributed by atoms with Gasteiger partial charge in [-0.05, 0) is 56.8 Å². The molecule has 1 aromatic rings. The molecule has 5 heteroatoms. The third kappa shape index (κ3) is 4.09. The highest BCUT2D eigenvalue weighted by Crippen LogP contribution is 2.45. The summed E-state index contributed by atoms with van der Waals surface area (Å²) in [5, 5.41) is 0. The fraction of sp³-hybridized carbons (Fsp3) is 0.636. The standard InChI is InChI=1S/C22H32N2O3/c1-3-23(15-16-27-4-2)13-8-14-24-20(25)17-22(21(24)26)12-7-10-18-9-5-6-11-19(18)22/h5-6,9,11H,3-4,7-8,10,12-17H2,1-2H3. The van der Waals surface area contributed by atoms with E-state index in [4.69, 9.17) is 4.74 Å². The Kier molecular flexibility index (Phi) is 6.66. The maximum absolute atomic E-state index is 13.3. The Morgan fingerprint density at radius 3 is 2.78 bits per heavy atom. The van der Waals surface area contributed by atoms with Gasteiger partial charge in [-0.2, -0.15) is 0 Å². The van der Waals surface area contributed by atoms with Crippen molar-refractivity contribution >= 4 is 11.8 Å². The van der Waals surface area contributed by atoms with Crippen LogP contribution in [0.15, 0.2) is 24.3 Å². The molecule has 1 aliphatic carbocycles. The zero-order valence-electron chi connectivity index (χ0n) is 16.7. The monoisotopic (exact) mass is 372 g/mol. The van der Waals surface area contributed by atoms with Gasteiger partial charge in [-0.3, -0.25) is 14.5 Å². The van der Waals surface area contributed by atoms with Crippen molar-refractivity contribution < 1.29 is 14.3 Å². The molecule has 0 aromatic heterocycles. The summed E-state index contributed by atoms with van der Waals surface area (Å²) in [5.74, 6) is 0.0195. The lowest BCUT2D eigenvalue weighted by Gasteiger charge is -2.33. The van der Waals surface area contributed by atoms with Crippen molar-refractivity contribution in [2.24, 2.45) is 0 Å². The Hall–Kier alpha value is -1.72. The average molecular weight is 373 g/mol. The summed E-state index contributed by atoms with van der Waals surface area (Å²) in [4.78, 5) is 29.8. The number of hydrogen-bond donors (Lipinski definition) is 0. The number of amides is 2. The second-order valence-corrected chi connectivity index (χ2v) is 7.60. The SMILES string of the molecule is CCOCCN(CC)CCCN1C(=O)CC2(CCCc3ccccc32)C1=O. The molecule has 1 fully saturated rings. The van der Waals surface area contributed by atoms with Gasteiger partial charge >= 0.3 is 0 Å². The molecule has 3 rings (SSSR count). The summed E-state index contributed by atoms with van der Waals surface area (Å²) in [5.41, 5.74) is 1.72. The van der Waals surface area contributed by atoms with Crippen LogP contribution in [0.1, 0.15) is 50.7 Å². The first-order chi connectivity index (χ1) is 13.1. The summed E-state index contributed by atoms with van der Waals surface area (Å²) >= 11 is 0. The van der Waals surface area contributed by atoms with E-state index < -0.39 is 5.41 Å². The van der Waals surface area contributed by atoms with E-state index in [1.54, 1.807) is 0 Å². The van der Waals surface area contributed by atoms with Crippen LogP contribution in [0.2, 0.25) is 0 Å². The number of likely N-dealkylation sites (tertiary alicyclic amines) is 1. The van der Waals surface area contributed by atoms with E-state index in [-0.39, 0.29) is 11.8 Å². The van der Waals surface area contributed by atoms with Crippen molar-refractivity contribution in [1.29, 1.82) is 0 Å². The van der Waals surface area contributed by atoms with Crippen molar-refractivity contribution in [1.82, 2.24) is 9.80 Å². The van der Waals surface area contributed by atoms with Crippen molar-refractivity contribution in [3.8, 4) is 0 Å². The Bertz CT molecular complexity index is 675. The van der Waals surface area contributed by atoms with Crippen LogP contribution in [0, 0.1) is 0 Å². The van der Waals surface area contributed by atoms with Gasteiger partial charge in [-0.1, -0.05) is 31.2 Å². The lowest BCUT2D eigenvalue weighted by molar-refractivity contribution is -0.140. The Labute approximate surface area is 162 Å². The molecule has 0 radical (unpaired) electrons. The molecule has 1 saturated heterocycles. The number of ether oxygens (including phenoxy) is 1. The van der Waals surface area contributed by atoms with Crippen LogP contribution < -0.4 is 0 Å². The number of carbonyl (C=O) groups is 2. The third-order valence-electron chi connectivity index (χ3n) is 6.05. The maximum atomic E-state index is 13.3. The zero-order valence-corrected chi connectivity index (χ0v) is 16.7. The molecule has 2 aliphatic rings. The van der Waals surface area contributed by atoms with E-state index in [0.29, 0.717) is 13.0 Å². The predicted octanol–water partition coefficient (Wildman–Crippen LogP) is 2.77. The minimum atomic E-state index is -0.606. The molecular weight excluding hydrogens is 340 g/mol. The quantitative estimate of drug-likeness (QED) is 0.494. The van der Waals surface area contributed by atoms with Crippen molar-refractivity contribution in [2.75, 3.05) is 39.4 Å². The first-order valence-corrected chi connectivity index (χ1v) is 10.4. The topological polar surface area (TPSA) is 49.9 Å². The summed E-state index contributed by atoms with van der Waals surface area (Å²) in [6.45, 7) is 8.84. The van der Waals surface area contributed by atoms with Gasteiger partial charge in [0.25, 0.3) is 0 Å². The Morgan fingerprint density at radius 2 is 2.00 bits per heavy atom. The largest absolute Gasteiger partial charge is 0.380 e. The van der Waals surface area contributed by atoms with Gasteiger partial charge in [0.15, 0.2) is 0 Å². The normalized spacial score (nSPS) is 22.1. The smallest absolute Gasteiger partial charge is 0.240 e. The first kappa shape index (κ1) is 20.0. The van der Waals surface area contributed by atoms with Gasteiger partial charge in [-0.15, -0.1) is 0 Å². The molecule has 1 aromatic carbocycles. The molecular formula is C22H32N2O3. The summed E-state index contributed by atoms with van der Waals surface area (Å²) in [6, 6.07) is 8.17. The average Bonchev–Trinajstić information content (AvgIpc) is 2.92. The fourth-order valence-electron chi connectivity index (χ4n) is 4.57. The van der Waals surface area contributed by atoms with Crippen molar-refractivity contribution in [3.05, 3.63) is 35.4 Å². The van der Waals surface area contributed by atoms with Crippen LogP contribution in [0.3, 0.4) is 0 Å². The second-order valence-electron chi connectivity index (χ2n) is 7.60. The highest BCUT2D eigenvalue weighted by atomic mass is 16.5. The third-order valence-corrected chi connectivity index (χ3v) is 6.05. The molecule has 1 atom stereocenters. The van der Waals surface area contributed by atoms with E-state index >= 15 is 0 Å². The molecule has 1 heterocycles. The number of aryl methyl sites for hydroxylation is 1. The number of carbonyl (C=O) groups excluding carboxylic acids is 2. The maximum Gasteiger partial charge on any atom is 0.240 e. The zero-order chi connectivity index (χ0) is 19.3. The van der Waals surface area contributed by atoms with Crippen LogP contribution in [0.5, 0.6) is 0 Å². The second kappa shape index (κ2) is 8.98. The molecule has 0 N–H and O–H groups in total. The van der Waals surface area contributed by atoms with Gasteiger partial charge < -0.3 is 9.64 Å². The number of imide groups is 1. The number of nitrogens with zero attached hydrogens (tertiary/aromatic N) is 2. The molecule has 1 aliphatic heterocycles. The summed E-state index contributed by atoms with van der Waals surface area (Å²) in [6.07, 6.45) is 3.93. The molecule has 148 valence electrons. The van der Waals surface area contributed by atoms with E-state index in [0.717, 1.165) is 64.1 Å². The van der Waals surface area contributed by atoms with Gasteiger partial charge in [0.2, 0.25) is 11.8 Å². The Morgan fingerprint density at radius 1 is 1.19 bits per heavy atom. The van der Waals surface area contributed by atoms with E-state index in [1.165, 1.54) is 10.5 Å². The molecule has 0 saturated carbocycles. The Balaban J connectivity index is 1.62. The van der Waals surface area contributed by atoms with Gasteiger partial charge in [0.05, 0.1) is 12.0 Å². The van der Waals surface area contributed by atoms with E-state index in [2.05, 4.69) is 24.0 Å². The lowest BCUT2D eigenvalue weighted by Crippen LogP contribution is -2.41. The van der Waals surface area contributed by atoms with Gasteiger partial charge in [-0.25, -0.2) is 0 Å². The number of fused-ring (bicyclic) bond motifs is 2. The number of benzene rings is 1. The van der Waals surface area contributed by atoms with Gasteiger partial charge in [0, 0.05) is 26.1 Å². The van der Waals surface area contributed by atoms with E-state index in [1.807, 2.05) is 19.1 Å². The molecule has 5 nitrogen and oxygen atoms in total. The van der Waals surface area contributed by atoms with Gasteiger partial charge in [0.1, 0.15) is 0 Å². The van der Waals surface area contributed by atoms with Crippen LogP contribution >= 0.6 is 0 Å². The molecule has 0 bridgehead atoms. The van der Waals surface area contributed by atoms with Crippen LogP contribution in [0.4, 0.5) is 0 Å². The highest BCUT2D eigenvalue weighted by molar-refractivity contribution is 6.09. The summed E-state index contributed by atoms with van der Waals surface area (Å²) in [7, 11) is 0. The fourth-order valence-corrected chi connectivity index (χ4v) is 4.57. The minimum absolute atomic E-state index is 0.00549. The number of hydrogen-bond acceptors (Lipinski definition) is 4. The van der Waals surface area contributed by atoms with Crippen LogP contribution in [0.25, 0.3) is 0 Å². The molecule has 1 unspecified atom stereocenters. The number of likely N-dealkylation sites (N-methyl/N-ethyl adjacent to an activating group) is 1. The van der Waals surface area contributed by atoms with Crippen LogP contribution in [-0.4, -0.2) is 61.0 Å². The van der Waals surface area contributed by atoms with Crippen LogP contribution in [-0.2, 0) is 26.2 Å². The predicted molar refractivity (Wildman–Crippen MR) is 106 cm³/mol. The summed E-state index contributed by atoms with van der Waals surface area (Å²) < 4.78 is 5.43. The lowest BCUT2D eigenvalue weighted by atomic mass is 9.69. The van der Waals surface area contributed by atoms with Crippen molar-refractivity contribution in [2.45, 2.75) is 51.4 Å². The number of rotatable bonds is 9. The molecule has 1 spiro atoms. The van der Waals surface area contributed by atoms with E-state index in [9.17, 15) is 9.59 Å². The minimum Gasteiger partial charge on any atom is -0.380 e. The molecule has 27 heavy (non-hydrogen) atoms. The van der Waals surface area contributed by atoms with Crippen molar-refractivity contribution in [3.63, 3.8) is 0 Å². The first-order valence-electron chi connectivity index (χ1n) is 10.4. The molecule has 2 amide bonds. The highest BCUT2D eigenvalue weighted by Gasteiger charge is 2.53.